The molecule has 0 bridgehead atoms. The van der Waals surface area contributed by atoms with Crippen molar-refractivity contribution in [3.05, 3.63) is 40.9 Å². The molecule has 8 nitrogen and oxygen atoms in total. The third kappa shape index (κ3) is 4.53. The Morgan fingerprint density at radius 2 is 1.97 bits per heavy atom. The fraction of sp³-hybridized carbons (Fsp3) is 0.565. The van der Waals surface area contributed by atoms with Gasteiger partial charge in [0.15, 0.2) is 5.13 Å². The average molecular weight is 494 g/mol. The molecule has 4 rings (SSSR count). The summed E-state index contributed by atoms with van der Waals surface area (Å²) >= 11 is 1.27. The molecule has 1 aromatic carbocycles. The number of rotatable bonds is 6. The van der Waals surface area contributed by atoms with Gasteiger partial charge in [-0.05, 0) is 42.7 Å². The molecule has 5 atom stereocenters. The summed E-state index contributed by atoms with van der Waals surface area (Å²) in [5, 5.41) is 24.3. The van der Waals surface area contributed by atoms with E-state index in [1.165, 1.54) is 11.3 Å². The zero-order chi connectivity index (χ0) is 24.0. The van der Waals surface area contributed by atoms with E-state index < -0.39 is 27.0 Å². The molecule has 0 saturated heterocycles. The van der Waals surface area contributed by atoms with Crippen LogP contribution in [0.1, 0.15) is 49.6 Å². The van der Waals surface area contributed by atoms with Gasteiger partial charge in [0.05, 0.1) is 24.7 Å². The summed E-state index contributed by atoms with van der Waals surface area (Å²) in [5.74, 6) is -0.520. The summed E-state index contributed by atoms with van der Waals surface area (Å²) in [4.78, 5) is 18.6. The van der Waals surface area contributed by atoms with E-state index in [-0.39, 0.29) is 35.9 Å². The first-order valence-corrected chi connectivity index (χ1v) is 13.8. The number of amides is 1. The number of anilines is 2. The van der Waals surface area contributed by atoms with E-state index in [4.69, 9.17) is 0 Å². The van der Waals surface area contributed by atoms with Gasteiger partial charge in [-0.1, -0.05) is 32.0 Å². The van der Waals surface area contributed by atoms with Gasteiger partial charge in [0, 0.05) is 28.3 Å². The molecule has 1 fully saturated rings. The van der Waals surface area contributed by atoms with Crippen LogP contribution in [0.3, 0.4) is 0 Å². The standard InChI is InChI=1S/C23H31N3O5S2/c1-22-10-9-18(28)23(2,13-27)17(22)12-16-20(25-21(32-16)26-33(3,30)31)15(22)11-19(29)24-14-7-5-4-6-8-14/h4-8,15,17-18,27-28H,9-13H2,1-3H3,(H,24,29)(H,25,26). The molecule has 1 aromatic heterocycles. The van der Waals surface area contributed by atoms with Gasteiger partial charge in [0.1, 0.15) is 0 Å². The summed E-state index contributed by atoms with van der Waals surface area (Å²) < 4.78 is 26.1. The van der Waals surface area contributed by atoms with Crippen molar-refractivity contribution in [2.75, 3.05) is 22.9 Å². The number of benzene rings is 1. The van der Waals surface area contributed by atoms with Gasteiger partial charge < -0.3 is 15.5 Å². The number of carbonyl (C=O) groups excluding carboxylic acids is 1. The van der Waals surface area contributed by atoms with Crippen LogP contribution in [0.2, 0.25) is 0 Å². The number of aliphatic hydroxyl groups is 2. The van der Waals surface area contributed by atoms with E-state index in [1.54, 1.807) is 0 Å². The number of thiazole rings is 1. The first-order chi connectivity index (χ1) is 15.5. The molecule has 2 aliphatic carbocycles. The number of aliphatic hydroxyl groups excluding tert-OH is 2. The van der Waals surface area contributed by atoms with Gasteiger partial charge in [0.2, 0.25) is 15.9 Å². The fourth-order valence-electron chi connectivity index (χ4n) is 5.77. The van der Waals surface area contributed by atoms with Crippen LogP contribution >= 0.6 is 11.3 Å². The Morgan fingerprint density at radius 1 is 1.27 bits per heavy atom. The van der Waals surface area contributed by atoms with Crippen LogP contribution in [0.4, 0.5) is 10.8 Å². The molecular formula is C23H31N3O5S2. The van der Waals surface area contributed by atoms with E-state index >= 15 is 0 Å². The highest BCUT2D eigenvalue weighted by Crippen LogP contribution is 2.62. The molecule has 2 aromatic rings. The molecule has 1 saturated carbocycles. The molecule has 0 radical (unpaired) electrons. The highest BCUT2D eigenvalue weighted by atomic mass is 32.2. The minimum absolute atomic E-state index is 0.0905. The van der Waals surface area contributed by atoms with Crippen molar-refractivity contribution >= 4 is 38.1 Å². The number of fused-ring (bicyclic) bond motifs is 2. The van der Waals surface area contributed by atoms with Crippen LogP contribution in [0.15, 0.2) is 30.3 Å². The lowest BCUT2D eigenvalue weighted by Gasteiger charge is -2.58. The summed E-state index contributed by atoms with van der Waals surface area (Å²) in [6, 6.07) is 9.23. The highest BCUT2D eigenvalue weighted by Gasteiger charge is 2.59. The second-order valence-corrected chi connectivity index (χ2v) is 12.7. The molecule has 1 amide bonds. The first kappa shape index (κ1) is 24.1. The molecule has 4 N–H and O–H groups in total. The smallest absolute Gasteiger partial charge is 0.231 e. The number of para-hydroxylation sites is 1. The Labute approximate surface area is 198 Å². The van der Waals surface area contributed by atoms with Crippen molar-refractivity contribution in [3.8, 4) is 0 Å². The maximum Gasteiger partial charge on any atom is 0.231 e. The molecule has 0 spiro atoms. The predicted octanol–water partition coefficient (Wildman–Crippen LogP) is 2.96. The molecule has 2 aliphatic rings. The third-order valence-corrected chi connectivity index (χ3v) is 9.32. The molecule has 1 heterocycles. The summed E-state index contributed by atoms with van der Waals surface area (Å²) in [6.45, 7) is 3.85. The first-order valence-electron chi connectivity index (χ1n) is 11.1. The number of carbonyl (C=O) groups is 1. The van der Waals surface area contributed by atoms with Crippen LogP contribution < -0.4 is 10.0 Å². The molecule has 33 heavy (non-hydrogen) atoms. The van der Waals surface area contributed by atoms with Crippen LogP contribution in [0.5, 0.6) is 0 Å². The van der Waals surface area contributed by atoms with E-state index in [2.05, 4.69) is 21.9 Å². The Kier molecular flexibility index (Phi) is 6.32. The Hall–Kier alpha value is -2.01. The van der Waals surface area contributed by atoms with Gasteiger partial charge in [-0.25, -0.2) is 13.4 Å². The summed E-state index contributed by atoms with van der Waals surface area (Å²) in [6.07, 6.45) is 2.38. The fourth-order valence-corrected chi connectivity index (χ4v) is 7.67. The van der Waals surface area contributed by atoms with Crippen molar-refractivity contribution in [1.29, 1.82) is 0 Å². The van der Waals surface area contributed by atoms with Crippen molar-refractivity contribution < 1.29 is 23.4 Å². The molecule has 5 unspecified atom stereocenters. The van der Waals surface area contributed by atoms with E-state index in [1.807, 2.05) is 37.3 Å². The van der Waals surface area contributed by atoms with Gasteiger partial charge in [-0.2, -0.15) is 0 Å². The third-order valence-electron chi connectivity index (χ3n) is 7.61. The van der Waals surface area contributed by atoms with E-state index in [0.717, 1.165) is 16.8 Å². The van der Waals surface area contributed by atoms with E-state index in [0.29, 0.717) is 24.9 Å². The largest absolute Gasteiger partial charge is 0.396 e. The quantitative estimate of drug-likeness (QED) is 0.490. The van der Waals surface area contributed by atoms with Crippen molar-refractivity contribution in [3.63, 3.8) is 0 Å². The predicted molar refractivity (Wildman–Crippen MR) is 129 cm³/mol. The zero-order valence-corrected chi connectivity index (χ0v) is 20.7. The normalized spacial score (nSPS) is 31.4. The minimum Gasteiger partial charge on any atom is -0.396 e. The number of hydrogen-bond donors (Lipinski definition) is 4. The van der Waals surface area contributed by atoms with Crippen LogP contribution in [0.25, 0.3) is 0 Å². The number of sulfonamides is 1. The number of aromatic nitrogens is 1. The Balaban J connectivity index is 1.74. The van der Waals surface area contributed by atoms with Gasteiger partial charge in [-0.15, -0.1) is 11.3 Å². The maximum atomic E-state index is 13.1. The summed E-state index contributed by atoms with van der Waals surface area (Å²) in [5.41, 5.74) is 0.323. The number of hydrogen-bond acceptors (Lipinski definition) is 7. The minimum atomic E-state index is -3.50. The second-order valence-electron chi connectivity index (χ2n) is 9.85. The van der Waals surface area contributed by atoms with Gasteiger partial charge in [-0.3, -0.25) is 9.52 Å². The lowest BCUT2D eigenvalue weighted by molar-refractivity contribution is -0.143. The monoisotopic (exact) mass is 493 g/mol. The topological polar surface area (TPSA) is 129 Å². The molecular weight excluding hydrogens is 462 g/mol. The van der Waals surface area contributed by atoms with Crippen molar-refractivity contribution in [2.45, 2.75) is 51.6 Å². The van der Waals surface area contributed by atoms with Crippen LogP contribution in [-0.2, 0) is 21.2 Å². The second kappa shape index (κ2) is 8.65. The van der Waals surface area contributed by atoms with E-state index in [9.17, 15) is 23.4 Å². The van der Waals surface area contributed by atoms with Crippen LogP contribution in [0, 0.1) is 16.7 Å². The number of nitrogens with zero attached hydrogens (tertiary/aromatic N) is 1. The Morgan fingerprint density at radius 3 is 2.61 bits per heavy atom. The van der Waals surface area contributed by atoms with Crippen molar-refractivity contribution in [2.24, 2.45) is 16.7 Å². The lowest BCUT2D eigenvalue weighted by atomic mass is 9.47. The average Bonchev–Trinajstić information content (AvgIpc) is 3.13. The van der Waals surface area contributed by atoms with Crippen molar-refractivity contribution in [1.82, 2.24) is 4.98 Å². The Bertz CT molecular complexity index is 1140. The van der Waals surface area contributed by atoms with Crippen LogP contribution in [-0.4, -0.2) is 48.5 Å². The lowest BCUT2D eigenvalue weighted by Crippen LogP contribution is -2.57. The molecule has 10 heteroatoms. The summed E-state index contributed by atoms with van der Waals surface area (Å²) in [7, 11) is -3.50. The van der Waals surface area contributed by atoms with Gasteiger partial charge >= 0.3 is 0 Å². The zero-order valence-electron chi connectivity index (χ0n) is 19.0. The molecule has 180 valence electrons. The SMILES string of the molecule is CC1(CO)C(O)CCC2(C)C(CC(=O)Nc3ccccc3)c3nc(NS(C)(=O)=O)sc3CC12. The highest BCUT2D eigenvalue weighted by molar-refractivity contribution is 7.92. The van der Waals surface area contributed by atoms with Gasteiger partial charge in [0.25, 0.3) is 0 Å². The maximum absolute atomic E-state index is 13.1. The molecule has 0 aliphatic heterocycles. The number of nitrogens with one attached hydrogen (secondary N) is 2.